The Labute approximate surface area is 152 Å². The number of carbonyl (C=O) groups excluding carboxylic acids is 1. The first-order valence-corrected chi connectivity index (χ1v) is 8.34. The molecule has 0 bridgehead atoms. The van der Waals surface area contributed by atoms with E-state index >= 15 is 0 Å². The molecule has 0 unspecified atom stereocenters. The molecule has 2 aromatic heterocycles. The second-order valence-electron chi connectivity index (χ2n) is 6.22. The third-order valence-corrected chi connectivity index (χ3v) is 3.86. The van der Waals surface area contributed by atoms with Crippen molar-refractivity contribution in [1.82, 2.24) is 24.8 Å². The van der Waals surface area contributed by atoms with Gasteiger partial charge in [0.25, 0.3) is 5.56 Å². The standard InChI is InChI=1S/C17H25N7O2/c1-11-12(2)20-10-24(17(11)26)9-16(25)19-7-6-18-14-8-15(23(4)5)22-13(3)21-14/h8,10H,6-7,9H2,1-5H3,(H,19,25)(H,18,21,22). The summed E-state index contributed by atoms with van der Waals surface area (Å²) >= 11 is 0. The second-order valence-corrected chi connectivity index (χ2v) is 6.22. The van der Waals surface area contributed by atoms with E-state index in [1.165, 1.54) is 10.9 Å². The number of aryl methyl sites for hydroxylation is 2. The molecule has 2 rings (SSSR count). The molecule has 2 aromatic rings. The van der Waals surface area contributed by atoms with Crippen molar-refractivity contribution in [3.8, 4) is 0 Å². The lowest BCUT2D eigenvalue weighted by Gasteiger charge is -2.14. The maximum Gasteiger partial charge on any atom is 0.256 e. The molecule has 9 heteroatoms. The Hall–Kier alpha value is -2.97. The summed E-state index contributed by atoms with van der Waals surface area (Å²) in [5, 5.41) is 5.93. The molecule has 0 saturated carbocycles. The van der Waals surface area contributed by atoms with Crippen LogP contribution in [0.4, 0.5) is 11.6 Å². The van der Waals surface area contributed by atoms with Gasteiger partial charge in [-0.1, -0.05) is 0 Å². The van der Waals surface area contributed by atoms with Gasteiger partial charge in [0.2, 0.25) is 5.91 Å². The van der Waals surface area contributed by atoms with E-state index in [0.717, 1.165) is 5.82 Å². The van der Waals surface area contributed by atoms with Crippen LogP contribution in [0.1, 0.15) is 17.1 Å². The summed E-state index contributed by atoms with van der Waals surface area (Å²) in [6.07, 6.45) is 1.40. The highest BCUT2D eigenvalue weighted by atomic mass is 16.2. The van der Waals surface area contributed by atoms with E-state index in [9.17, 15) is 9.59 Å². The van der Waals surface area contributed by atoms with Crippen molar-refractivity contribution in [3.05, 3.63) is 39.8 Å². The largest absolute Gasteiger partial charge is 0.368 e. The van der Waals surface area contributed by atoms with E-state index in [4.69, 9.17) is 0 Å². The van der Waals surface area contributed by atoms with Gasteiger partial charge in [0.05, 0.1) is 6.33 Å². The van der Waals surface area contributed by atoms with E-state index in [1.54, 1.807) is 13.8 Å². The molecule has 0 saturated heterocycles. The molecule has 0 spiro atoms. The average molecular weight is 359 g/mol. The molecule has 1 amide bonds. The van der Waals surface area contributed by atoms with Crippen LogP contribution in [-0.4, -0.2) is 52.6 Å². The van der Waals surface area contributed by atoms with Gasteiger partial charge in [0, 0.05) is 44.5 Å². The number of aromatic nitrogens is 4. The lowest BCUT2D eigenvalue weighted by Crippen LogP contribution is -2.35. The summed E-state index contributed by atoms with van der Waals surface area (Å²) in [6.45, 7) is 6.17. The molecule has 0 aromatic carbocycles. The fourth-order valence-corrected chi connectivity index (χ4v) is 2.26. The van der Waals surface area contributed by atoms with Crippen LogP contribution in [0.2, 0.25) is 0 Å². The fraction of sp³-hybridized carbons (Fsp3) is 0.471. The number of nitrogens with one attached hydrogen (secondary N) is 2. The summed E-state index contributed by atoms with van der Waals surface area (Å²) < 4.78 is 1.31. The zero-order valence-electron chi connectivity index (χ0n) is 15.8. The van der Waals surface area contributed by atoms with Gasteiger partial charge in [0.15, 0.2) is 0 Å². The molecular formula is C17H25N7O2. The summed E-state index contributed by atoms with van der Waals surface area (Å²) in [5.74, 6) is 1.94. The maximum atomic E-state index is 12.1. The van der Waals surface area contributed by atoms with Crippen molar-refractivity contribution in [2.24, 2.45) is 0 Å². The number of hydrogen-bond donors (Lipinski definition) is 2. The van der Waals surface area contributed by atoms with E-state index in [2.05, 4.69) is 25.6 Å². The highest BCUT2D eigenvalue weighted by Gasteiger charge is 2.08. The Morgan fingerprint density at radius 1 is 1.19 bits per heavy atom. The highest BCUT2D eigenvalue weighted by Crippen LogP contribution is 2.12. The molecule has 2 heterocycles. The van der Waals surface area contributed by atoms with Crippen molar-refractivity contribution >= 4 is 17.5 Å². The van der Waals surface area contributed by atoms with E-state index in [-0.39, 0.29) is 18.0 Å². The van der Waals surface area contributed by atoms with Crippen LogP contribution in [0.25, 0.3) is 0 Å². The molecule has 9 nitrogen and oxygen atoms in total. The minimum Gasteiger partial charge on any atom is -0.368 e. The Kier molecular flexibility index (Phi) is 6.26. The van der Waals surface area contributed by atoms with Crippen LogP contribution in [-0.2, 0) is 11.3 Å². The normalized spacial score (nSPS) is 10.5. The van der Waals surface area contributed by atoms with Gasteiger partial charge in [0.1, 0.15) is 24.0 Å². The average Bonchev–Trinajstić information content (AvgIpc) is 2.59. The third kappa shape index (κ3) is 5.01. The number of anilines is 2. The third-order valence-electron chi connectivity index (χ3n) is 3.86. The predicted molar refractivity (Wildman–Crippen MR) is 101 cm³/mol. The second kappa shape index (κ2) is 8.41. The lowest BCUT2D eigenvalue weighted by molar-refractivity contribution is -0.121. The minimum atomic E-state index is -0.244. The van der Waals surface area contributed by atoms with E-state index in [1.807, 2.05) is 32.0 Å². The van der Waals surface area contributed by atoms with Crippen LogP contribution in [0.15, 0.2) is 17.2 Å². The predicted octanol–water partition coefficient (Wildman–Crippen LogP) is 0.253. The SMILES string of the molecule is Cc1nc(NCCNC(=O)Cn2cnc(C)c(C)c2=O)cc(N(C)C)n1. The quantitative estimate of drug-likeness (QED) is 0.683. The number of hydrogen-bond acceptors (Lipinski definition) is 7. The molecule has 26 heavy (non-hydrogen) atoms. The van der Waals surface area contributed by atoms with Crippen molar-refractivity contribution in [1.29, 1.82) is 0 Å². The van der Waals surface area contributed by atoms with Gasteiger partial charge < -0.3 is 15.5 Å². The monoisotopic (exact) mass is 359 g/mol. The molecular weight excluding hydrogens is 334 g/mol. The summed E-state index contributed by atoms with van der Waals surface area (Å²) in [5.41, 5.74) is 1.03. The van der Waals surface area contributed by atoms with Crippen LogP contribution in [0.3, 0.4) is 0 Å². The lowest BCUT2D eigenvalue weighted by atomic mass is 10.3. The zero-order chi connectivity index (χ0) is 19.3. The van der Waals surface area contributed by atoms with Crippen LogP contribution < -0.4 is 21.1 Å². The molecule has 140 valence electrons. The Bertz CT molecular complexity index is 845. The molecule has 2 N–H and O–H groups in total. The molecule has 0 atom stereocenters. The number of rotatable bonds is 7. The molecule has 0 radical (unpaired) electrons. The number of nitrogens with zero attached hydrogens (tertiary/aromatic N) is 5. The number of carbonyl (C=O) groups is 1. The Balaban J connectivity index is 1.84. The van der Waals surface area contributed by atoms with Gasteiger partial charge in [-0.2, -0.15) is 0 Å². The molecule has 0 aliphatic rings. The van der Waals surface area contributed by atoms with Gasteiger partial charge in [-0.15, -0.1) is 0 Å². The molecule has 0 aliphatic heterocycles. The zero-order valence-corrected chi connectivity index (χ0v) is 15.8. The van der Waals surface area contributed by atoms with E-state index in [0.29, 0.717) is 36.0 Å². The van der Waals surface area contributed by atoms with Crippen LogP contribution in [0, 0.1) is 20.8 Å². The summed E-state index contributed by atoms with van der Waals surface area (Å²) in [6, 6.07) is 1.84. The van der Waals surface area contributed by atoms with Gasteiger partial charge in [-0.05, 0) is 20.8 Å². The fourth-order valence-electron chi connectivity index (χ4n) is 2.26. The topological polar surface area (TPSA) is 105 Å². The van der Waals surface area contributed by atoms with Crippen molar-refractivity contribution in [2.75, 3.05) is 37.4 Å². The first-order valence-electron chi connectivity index (χ1n) is 8.34. The highest BCUT2D eigenvalue weighted by molar-refractivity contribution is 5.75. The molecule has 0 aliphatic carbocycles. The maximum absolute atomic E-state index is 12.1. The molecule has 0 fully saturated rings. The smallest absolute Gasteiger partial charge is 0.256 e. The van der Waals surface area contributed by atoms with Crippen molar-refractivity contribution in [2.45, 2.75) is 27.3 Å². The summed E-state index contributed by atoms with van der Waals surface area (Å²) in [4.78, 5) is 38.7. The Morgan fingerprint density at radius 2 is 1.92 bits per heavy atom. The van der Waals surface area contributed by atoms with Crippen LogP contribution >= 0.6 is 0 Å². The van der Waals surface area contributed by atoms with E-state index < -0.39 is 0 Å². The Morgan fingerprint density at radius 3 is 2.62 bits per heavy atom. The van der Waals surface area contributed by atoms with Crippen molar-refractivity contribution in [3.63, 3.8) is 0 Å². The van der Waals surface area contributed by atoms with Gasteiger partial charge >= 0.3 is 0 Å². The van der Waals surface area contributed by atoms with Crippen molar-refractivity contribution < 1.29 is 4.79 Å². The minimum absolute atomic E-state index is 0.0512. The van der Waals surface area contributed by atoms with Gasteiger partial charge in [-0.25, -0.2) is 15.0 Å². The van der Waals surface area contributed by atoms with Crippen LogP contribution in [0.5, 0.6) is 0 Å². The van der Waals surface area contributed by atoms with Gasteiger partial charge in [-0.3, -0.25) is 14.2 Å². The first kappa shape index (κ1) is 19.4. The summed E-state index contributed by atoms with van der Waals surface area (Å²) in [7, 11) is 3.82. The number of amides is 1. The first-order chi connectivity index (χ1) is 12.3.